The van der Waals surface area contributed by atoms with E-state index in [-0.39, 0.29) is 10.6 Å². The minimum Gasteiger partial charge on any atom is -0.382 e. The van der Waals surface area contributed by atoms with Crippen LogP contribution in [0, 0.1) is 22.0 Å². The molecule has 1 fully saturated rings. The zero-order chi connectivity index (χ0) is 17.1. The number of rotatable bonds is 5. The van der Waals surface area contributed by atoms with Crippen molar-refractivity contribution >= 4 is 22.3 Å². The van der Waals surface area contributed by atoms with Crippen LogP contribution >= 0.6 is 0 Å². The van der Waals surface area contributed by atoms with Crippen molar-refractivity contribution in [3.63, 3.8) is 0 Å². The first-order chi connectivity index (χ1) is 11.5. The third-order valence-electron chi connectivity index (χ3n) is 4.63. The standard InChI is InChI=1S/C18H24N4O2/c1-13-10-14(2)12-21(11-13)9-8-19-16-5-6-17(22(23)24)15-4-3-7-20-18(15)16/h3-7,13-14,19H,8-12H2,1-2H3/t13-,14-/m0/s1. The van der Waals surface area contributed by atoms with Gasteiger partial charge in [-0.3, -0.25) is 15.1 Å². The second-order valence-corrected chi connectivity index (χ2v) is 6.92. The van der Waals surface area contributed by atoms with Crippen LogP contribution in [0.3, 0.4) is 0 Å². The number of piperidine rings is 1. The number of pyridine rings is 1. The average molecular weight is 328 g/mol. The molecule has 1 aromatic heterocycles. The fourth-order valence-corrected chi connectivity index (χ4v) is 3.78. The molecule has 2 aromatic rings. The van der Waals surface area contributed by atoms with E-state index in [1.807, 2.05) is 0 Å². The molecule has 3 rings (SSSR count). The van der Waals surface area contributed by atoms with Gasteiger partial charge in [-0.2, -0.15) is 0 Å². The van der Waals surface area contributed by atoms with Crippen molar-refractivity contribution in [1.29, 1.82) is 0 Å². The highest BCUT2D eigenvalue weighted by Crippen LogP contribution is 2.29. The van der Waals surface area contributed by atoms with Crippen LogP contribution < -0.4 is 5.32 Å². The molecule has 0 saturated carbocycles. The third kappa shape index (κ3) is 3.64. The zero-order valence-corrected chi connectivity index (χ0v) is 14.2. The van der Waals surface area contributed by atoms with Gasteiger partial charge in [0.1, 0.15) is 5.52 Å². The molecular formula is C18H24N4O2. The lowest BCUT2D eigenvalue weighted by Crippen LogP contribution is -2.41. The monoisotopic (exact) mass is 328 g/mol. The van der Waals surface area contributed by atoms with Gasteiger partial charge in [-0.25, -0.2) is 0 Å². The summed E-state index contributed by atoms with van der Waals surface area (Å²) in [6, 6.07) is 6.79. The Bertz CT molecular complexity index is 724. The highest BCUT2D eigenvalue weighted by Gasteiger charge is 2.21. The molecule has 0 aliphatic carbocycles. The summed E-state index contributed by atoms with van der Waals surface area (Å²) >= 11 is 0. The van der Waals surface area contributed by atoms with Gasteiger partial charge in [-0.05, 0) is 36.5 Å². The number of nitro benzene ring substituents is 1. The predicted octanol–water partition coefficient (Wildman–Crippen LogP) is 3.53. The lowest BCUT2D eigenvalue weighted by atomic mass is 9.92. The van der Waals surface area contributed by atoms with Crippen LogP contribution in [-0.4, -0.2) is 41.0 Å². The second kappa shape index (κ2) is 7.13. The molecule has 6 heteroatoms. The number of nitrogens with zero attached hydrogens (tertiary/aromatic N) is 3. The lowest BCUT2D eigenvalue weighted by Gasteiger charge is -2.35. The van der Waals surface area contributed by atoms with E-state index in [1.54, 1.807) is 30.5 Å². The SMILES string of the molecule is C[C@H]1C[C@H](C)CN(CCNc2ccc([N+](=O)[O-])c3cccnc23)C1. The van der Waals surface area contributed by atoms with Crippen LogP contribution in [0.25, 0.3) is 10.9 Å². The first-order valence-electron chi connectivity index (χ1n) is 8.53. The summed E-state index contributed by atoms with van der Waals surface area (Å²) in [5, 5.41) is 15.1. The number of aromatic nitrogens is 1. The molecule has 0 spiro atoms. The molecular weight excluding hydrogens is 304 g/mol. The molecule has 2 atom stereocenters. The Hall–Kier alpha value is -2.21. The number of nitro groups is 1. The van der Waals surface area contributed by atoms with Crippen molar-refractivity contribution < 1.29 is 4.92 Å². The zero-order valence-electron chi connectivity index (χ0n) is 14.2. The van der Waals surface area contributed by atoms with Crippen molar-refractivity contribution in [3.05, 3.63) is 40.6 Å². The first-order valence-corrected chi connectivity index (χ1v) is 8.53. The highest BCUT2D eigenvalue weighted by atomic mass is 16.6. The maximum absolute atomic E-state index is 11.2. The van der Waals surface area contributed by atoms with Crippen LogP contribution in [0.4, 0.5) is 11.4 Å². The maximum Gasteiger partial charge on any atom is 0.278 e. The fraction of sp³-hybridized carbons (Fsp3) is 0.500. The number of nitrogens with one attached hydrogen (secondary N) is 1. The number of fused-ring (bicyclic) bond motifs is 1. The van der Waals surface area contributed by atoms with Gasteiger partial charge in [-0.1, -0.05) is 13.8 Å². The Morgan fingerprint density at radius 1 is 1.29 bits per heavy atom. The van der Waals surface area contributed by atoms with Crippen LogP contribution in [-0.2, 0) is 0 Å². The van der Waals surface area contributed by atoms with Crippen molar-refractivity contribution in [2.45, 2.75) is 20.3 Å². The van der Waals surface area contributed by atoms with Gasteiger partial charge in [0.25, 0.3) is 5.69 Å². The lowest BCUT2D eigenvalue weighted by molar-refractivity contribution is -0.383. The topological polar surface area (TPSA) is 71.3 Å². The van der Waals surface area contributed by atoms with Gasteiger partial charge in [0, 0.05) is 38.4 Å². The van der Waals surface area contributed by atoms with Crippen molar-refractivity contribution in [1.82, 2.24) is 9.88 Å². The molecule has 0 radical (unpaired) electrons. The van der Waals surface area contributed by atoms with Crippen molar-refractivity contribution in [2.75, 3.05) is 31.5 Å². The highest BCUT2D eigenvalue weighted by molar-refractivity contribution is 5.96. The summed E-state index contributed by atoms with van der Waals surface area (Å²) < 4.78 is 0. The Morgan fingerprint density at radius 3 is 2.75 bits per heavy atom. The third-order valence-corrected chi connectivity index (χ3v) is 4.63. The molecule has 2 heterocycles. The summed E-state index contributed by atoms with van der Waals surface area (Å²) in [6.45, 7) is 8.69. The normalized spacial score (nSPS) is 21.8. The Kier molecular flexibility index (Phi) is 4.94. The van der Waals surface area contributed by atoms with Gasteiger partial charge in [0.2, 0.25) is 0 Å². The molecule has 6 nitrogen and oxygen atoms in total. The van der Waals surface area contributed by atoms with Gasteiger partial charge in [0.15, 0.2) is 0 Å². The molecule has 1 aliphatic heterocycles. The first kappa shape index (κ1) is 16.6. The largest absolute Gasteiger partial charge is 0.382 e. The van der Waals surface area contributed by atoms with E-state index in [2.05, 4.69) is 29.0 Å². The van der Waals surface area contributed by atoms with E-state index in [0.717, 1.165) is 43.7 Å². The second-order valence-electron chi connectivity index (χ2n) is 6.92. The molecule has 1 N–H and O–H groups in total. The summed E-state index contributed by atoms with van der Waals surface area (Å²) in [6.07, 6.45) is 2.98. The average Bonchev–Trinajstić information content (AvgIpc) is 2.53. The molecule has 0 unspecified atom stereocenters. The van der Waals surface area contributed by atoms with E-state index < -0.39 is 0 Å². The Balaban J connectivity index is 1.70. The number of hydrogen-bond donors (Lipinski definition) is 1. The Labute approximate surface area is 142 Å². The number of anilines is 1. The van der Waals surface area contributed by atoms with Crippen LogP contribution in [0.1, 0.15) is 20.3 Å². The molecule has 1 aromatic carbocycles. The smallest absolute Gasteiger partial charge is 0.278 e. The predicted molar refractivity (Wildman–Crippen MR) is 96.3 cm³/mol. The molecule has 0 bridgehead atoms. The van der Waals surface area contributed by atoms with Gasteiger partial charge in [0.05, 0.1) is 16.0 Å². The molecule has 1 saturated heterocycles. The van der Waals surface area contributed by atoms with E-state index >= 15 is 0 Å². The minimum absolute atomic E-state index is 0.0994. The summed E-state index contributed by atoms with van der Waals surface area (Å²) in [5.74, 6) is 1.49. The fourth-order valence-electron chi connectivity index (χ4n) is 3.78. The van der Waals surface area contributed by atoms with E-state index in [0.29, 0.717) is 10.9 Å². The quantitative estimate of drug-likeness (QED) is 0.671. The van der Waals surface area contributed by atoms with E-state index in [1.165, 1.54) is 6.42 Å². The number of likely N-dealkylation sites (tertiary alicyclic amines) is 1. The summed E-state index contributed by atoms with van der Waals surface area (Å²) in [5.41, 5.74) is 1.61. The summed E-state index contributed by atoms with van der Waals surface area (Å²) in [4.78, 5) is 17.6. The minimum atomic E-state index is -0.357. The van der Waals surface area contributed by atoms with E-state index in [9.17, 15) is 10.1 Å². The number of non-ortho nitro benzene ring substituents is 1. The number of hydrogen-bond acceptors (Lipinski definition) is 5. The molecule has 24 heavy (non-hydrogen) atoms. The van der Waals surface area contributed by atoms with Crippen LogP contribution in [0.5, 0.6) is 0 Å². The number of benzene rings is 1. The summed E-state index contributed by atoms with van der Waals surface area (Å²) in [7, 11) is 0. The van der Waals surface area contributed by atoms with Crippen molar-refractivity contribution in [3.8, 4) is 0 Å². The van der Waals surface area contributed by atoms with Crippen LogP contribution in [0.2, 0.25) is 0 Å². The van der Waals surface area contributed by atoms with Crippen LogP contribution in [0.15, 0.2) is 30.5 Å². The molecule has 128 valence electrons. The van der Waals surface area contributed by atoms with Gasteiger partial charge >= 0.3 is 0 Å². The van der Waals surface area contributed by atoms with Gasteiger partial charge in [-0.15, -0.1) is 0 Å². The van der Waals surface area contributed by atoms with Crippen molar-refractivity contribution in [2.24, 2.45) is 11.8 Å². The molecule has 1 aliphatic rings. The Morgan fingerprint density at radius 2 is 2.04 bits per heavy atom. The van der Waals surface area contributed by atoms with Gasteiger partial charge < -0.3 is 10.2 Å². The maximum atomic E-state index is 11.2. The van der Waals surface area contributed by atoms with E-state index in [4.69, 9.17) is 0 Å². The molecule has 0 amide bonds.